The summed E-state index contributed by atoms with van der Waals surface area (Å²) in [6, 6.07) is 4.45. The molecule has 0 spiro atoms. The lowest BCUT2D eigenvalue weighted by Gasteiger charge is -2.12. The van der Waals surface area contributed by atoms with Gasteiger partial charge in [0.1, 0.15) is 5.75 Å². The Balaban J connectivity index is 2.72. The molecule has 3 nitrogen and oxygen atoms in total. The van der Waals surface area contributed by atoms with E-state index in [4.69, 9.17) is 5.73 Å². The van der Waals surface area contributed by atoms with Gasteiger partial charge in [-0.25, -0.2) is 0 Å². The Kier molecular flexibility index (Phi) is 4.17. The van der Waals surface area contributed by atoms with Crippen molar-refractivity contribution >= 4 is 23.0 Å². The van der Waals surface area contributed by atoms with Gasteiger partial charge in [-0.1, -0.05) is 0 Å². The van der Waals surface area contributed by atoms with Crippen molar-refractivity contribution in [1.82, 2.24) is 0 Å². The predicted octanol–water partition coefficient (Wildman–Crippen LogP) is 2.59. The molecule has 94 valence electrons. The molecule has 0 bridgehead atoms. The first-order valence-corrected chi connectivity index (χ1v) is 5.05. The highest BCUT2D eigenvalue weighted by atomic mass is 32.1. The summed E-state index contributed by atoms with van der Waals surface area (Å²) in [6.07, 6.45) is -4.34. The average Bonchev–Trinajstić information content (AvgIpc) is 2.17. The fraction of sp³-hybridized carbons (Fsp3) is 0.300. The topological polar surface area (TPSA) is 47.3 Å². The molecule has 1 aromatic rings. The van der Waals surface area contributed by atoms with Gasteiger partial charge in [-0.2, -0.15) is 13.2 Å². The second-order valence-corrected chi connectivity index (χ2v) is 3.81. The van der Waals surface area contributed by atoms with Gasteiger partial charge >= 0.3 is 6.18 Å². The summed E-state index contributed by atoms with van der Waals surface area (Å²) in [5.74, 6) is 0.147. The fourth-order valence-corrected chi connectivity index (χ4v) is 1.27. The lowest BCUT2D eigenvalue weighted by atomic mass is 10.2. The van der Waals surface area contributed by atoms with Crippen molar-refractivity contribution in [1.29, 1.82) is 0 Å². The highest BCUT2D eigenvalue weighted by Gasteiger charge is 2.28. The largest absolute Gasteiger partial charge is 0.484 e. The number of rotatable bonds is 3. The van der Waals surface area contributed by atoms with Crippen LogP contribution in [0.25, 0.3) is 0 Å². The summed E-state index contributed by atoms with van der Waals surface area (Å²) < 4.78 is 40.4. The van der Waals surface area contributed by atoms with Crippen LogP contribution in [0, 0.1) is 6.92 Å². The molecule has 1 aromatic carbocycles. The van der Waals surface area contributed by atoms with E-state index < -0.39 is 12.8 Å². The monoisotopic (exact) mass is 264 g/mol. The van der Waals surface area contributed by atoms with E-state index in [0.29, 0.717) is 11.3 Å². The van der Waals surface area contributed by atoms with Crippen LogP contribution in [-0.4, -0.2) is 17.9 Å². The zero-order valence-corrected chi connectivity index (χ0v) is 9.78. The van der Waals surface area contributed by atoms with E-state index in [1.165, 1.54) is 12.1 Å². The van der Waals surface area contributed by atoms with Gasteiger partial charge in [-0.3, -0.25) is 0 Å². The molecule has 1 rings (SSSR count). The quantitative estimate of drug-likeness (QED) is 0.824. The molecule has 7 heteroatoms. The molecular weight excluding hydrogens is 253 g/mol. The number of halogens is 3. The molecule has 0 saturated carbocycles. The van der Waals surface area contributed by atoms with Gasteiger partial charge in [0.25, 0.3) is 0 Å². The minimum absolute atomic E-state index is 0.0945. The molecule has 0 atom stereocenters. The van der Waals surface area contributed by atoms with E-state index in [2.05, 4.69) is 22.3 Å². The maximum Gasteiger partial charge on any atom is 0.422 e. The summed E-state index contributed by atoms with van der Waals surface area (Å²) in [5.41, 5.74) is 6.62. The van der Waals surface area contributed by atoms with Crippen LogP contribution in [0.5, 0.6) is 5.75 Å². The van der Waals surface area contributed by atoms with Crippen LogP contribution < -0.4 is 15.8 Å². The van der Waals surface area contributed by atoms with Crippen molar-refractivity contribution < 1.29 is 17.9 Å². The molecule has 3 N–H and O–H groups in total. The summed E-state index contributed by atoms with van der Waals surface area (Å²) in [4.78, 5) is 0. The van der Waals surface area contributed by atoms with Crippen LogP contribution in [-0.2, 0) is 0 Å². The van der Waals surface area contributed by atoms with E-state index in [0.717, 1.165) is 0 Å². The first kappa shape index (κ1) is 13.6. The maximum absolute atomic E-state index is 11.9. The van der Waals surface area contributed by atoms with E-state index in [-0.39, 0.29) is 10.9 Å². The van der Waals surface area contributed by atoms with Crippen molar-refractivity contribution in [2.45, 2.75) is 13.1 Å². The highest BCUT2D eigenvalue weighted by molar-refractivity contribution is 7.80. The number of nitrogens with two attached hydrogens (primary N) is 1. The van der Waals surface area contributed by atoms with E-state index in [1.54, 1.807) is 13.0 Å². The summed E-state index contributed by atoms with van der Waals surface area (Å²) in [7, 11) is 0. The van der Waals surface area contributed by atoms with Crippen LogP contribution in [0.1, 0.15) is 5.56 Å². The van der Waals surface area contributed by atoms with Crippen molar-refractivity contribution in [2.24, 2.45) is 5.73 Å². The van der Waals surface area contributed by atoms with Crippen molar-refractivity contribution in [3.05, 3.63) is 23.8 Å². The zero-order valence-electron chi connectivity index (χ0n) is 8.97. The molecule has 0 aromatic heterocycles. The molecule has 0 radical (unpaired) electrons. The van der Waals surface area contributed by atoms with Gasteiger partial charge in [0.15, 0.2) is 11.7 Å². The van der Waals surface area contributed by atoms with Gasteiger partial charge in [-0.05, 0) is 42.9 Å². The molecule has 0 aliphatic rings. The number of anilines is 1. The van der Waals surface area contributed by atoms with Crippen LogP contribution in [0.15, 0.2) is 18.2 Å². The Morgan fingerprint density at radius 3 is 2.59 bits per heavy atom. The Bertz CT molecular complexity index is 421. The fourth-order valence-electron chi connectivity index (χ4n) is 1.16. The van der Waals surface area contributed by atoms with E-state index in [9.17, 15) is 13.2 Å². The standard InChI is InChI=1S/C10H11F3N2OS/c1-6-4-7(16-5-10(11,12)13)2-3-8(6)15-9(14)17/h2-4H,5H2,1H3,(H3,14,15,17). The SMILES string of the molecule is Cc1cc(OCC(F)(F)F)ccc1NC(N)=S. The van der Waals surface area contributed by atoms with Crippen LogP contribution in [0.3, 0.4) is 0 Å². The van der Waals surface area contributed by atoms with Gasteiger partial charge in [-0.15, -0.1) is 0 Å². The third kappa shape index (κ3) is 4.90. The van der Waals surface area contributed by atoms with E-state index in [1.807, 2.05) is 0 Å². The number of hydrogen-bond donors (Lipinski definition) is 2. The second kappa shape index (κ2) is 5.22. The molecule has 0 aliphatic heterocycles. The smallest absolute Gasteiger partial charge is 0.422 e. The van der Waals surface area contributed by atoms with E-state index >= 15 is 0 Å². The van der Waals surface area contributed by atoms with Crippen LogP contribution in [0.4, 0.5) is 18.9 Å². The first-order chi connectivity index (χ1) is 7.78. The summed E-state index contributed by atoms with van der Waals surface area (Å²) >= 11 is 4.66. The lowest BCUT2D eigenvalue weighted by Crippen LogP contribution is -2.20. The molecule has 0 fully saturated rings. The normalized spacial score (nSPS) is 11.1. The van der Waals surface area contributed by atoms with Gasteiger partial charge in [0.05, 0.1) is 0 Å². The number of alkyl halides is 3. The number of benzene rings is 1. The Labute approximate surface area is 102 Å². The number of aryl methyl sites for hydroxylation is 1. The third-order valence-electron chi connectivity index (χ3n) is 1.86. The summed E-state index contributed by atoms with van der Waals surface area (Å²) in [5, 5.41) is 2.80. The zero-order chi connectivity index (χ0) is 13.1. The predicted molar refractivity (Wildman–Crippen MR) is 63.1 cm³/mol. The number of thiocarbonyl (C=S) groups is 1. The Morgan fingerprint density at radius 1 is 1.47 bits per heavy atom. The van der Waals surface area contributed by atoms with Crippen LogP contribution in [0.2, 0.25) is 0 Å². The van der Waals surface area contributed by atoms with Crippen molar-refractivity contribution in [3.63, 3.8) is 0 Å². The van der Waals surface area contributed by atoms with Gasteiger partial charge in [0, 0.05) is 5.69 Å². The molecule has 0 aliphatic carbocycles. The van der Waals surface area contributed by atoms with Crippen molar-refractivity contribution in [3.8, 4) is 5.75 Å². The maximum atomic E-state index is 11.9. The number of ether oxygens (including phenoxy) is 1. The van der Waals surface area contributed by atoms with Crippen molar-refractivity contribution in [2.75, 3.05) is 11.9 Å². The number of nitrogens with one attached hydrogen (secondary N) is 1. The Morgan fingerprint density at radius 2 is 2.12 bits per heavy atom. The van der Waals surface area contributed by atoms with Gasteiger partial charge in [0.2, 0.25) is 0 Å². The summed E-state index contributed by atoms with van der Waals surface area (Å²) in [6.45, 7) is 0.398. The van der Waals surface area contributed by atoms with Crippen LogP contribution >= 0.6 is 12.2 Å². The minimum atomic E-state index is -4.34. The third-order valence-corrected chi connectivity index (χ3v) is 1.96. The van der Waals surface area contributed by atoms with Gasteiger partial charge < -0.3 is 15.8 Å². The molecule has 0 unspecified atom stereocenters. The molecule has 0 heterocycles. The minimum Gasteiger partial charge on any atom is -0.484 e. The molecular formula is C10H11F3N2OS. The Hall–Kier alpha value is -1.50. The molecule has 0 saturated heterocycles. The highest BCUT2D eigenvalue weighted by Crippen LogP contribution is 2.23. The lowest BCUT2D eigenvalue weighted by molar-refractivity contribution is -0.153. The second-order valence-electron chi connectivity index (χ2n) is 3.37. The first-order valence-electron chi connectivity index (χ1n) is 4.64. The number of hydrogen-bond acceptors (Lipinski definition) is 2. The molecule has 17 heavy (non-hydrogen) atoms. The average molecular weight is 264 g/mol. The molecule has 0 amide bonds.